The molecule has 4 nitrogen and oxygen atoms in total. The summed E-state index contributed by atoms with van der Waals surface area (Å²) in [5.41, 5.74) is 6.91. The van der Waals surface area contributed by atoms with Crippen LogP contribution in [0.15, 0.2) is 24.3 Å². The maximum absolute atomic E-state index is 9.47. The number of aliphatic hydroxyl groups excluding tert-OH is 2. The molecule has 0 aliphatic rings. The van der Waals surface area contributed by atoms with Crippen LogP contribution in [-0.2, 0) is 0 Å². The summed E-state index contributed by atoms with van der Waals surface area (Å²) in [6.07, 6.45) is -1.56. The molecular formula is C10H16N2O2. The number of nitrogens with two attached hydrogens (primary N) is 1. The summed E-state index contributed by atoms with van der Waals surface area (Å²) >= 11 is 0. The third-order valence-corrected chi connectivity index (χ3v) is 2.02. The summed E-state index contributed by atoms with van der Waals surface area (Å²) in [4.78, 5) is 1.44. The highest BCUT2D eigenvalue weighted by molar-refractivity contribution is 5.67. The first-order valence-electron chi connectivity index (χ1n) is 4.53. The highest BCUT2D eigenvalue weighted by Gasteiger charge is 2.18. The molecule has 0 bridgehead atoms. The fourth-order valence-corrected chi connectivity index (χ4v) is 1.44. The monoisotopic (exact) mass is 196 g/mol. The maximum atomic E-state index is 9.47. The molecule has 2 unspecified atom stereocenters. The Morgan fingerprint density at radius 1 is 1.14 bits per heavy atom. The van der Waals surface area contributed by atoms with Gasteiger partial charge in [0.2, 0.25) is 0 Å². The molecule has 1 aromatic rings. The molecule has 0 aromatic heterocycles. The minimum atomic E-state index is -0.778. The Bertz CT molecular complexity index is 292. The van der Waals surface area contributed by atoms with Gasteiger partial charge in [-0.2, -0.15) is 0 Å². The van der Waals surface area contributed by atoms with E-state index in [2.05, 4.69) is 0 Å². The number of benzene rings is 1. The summed E-state index contributed by atoms with van der Waals surface area (Å²) < 4.78 is 0. The summed E-state index contributed by atoms with van der Waals surface area (Å²) in [5, 5.41) is 18.9. The zero-order valence-electron chi connectivity index (χ0n) is 8.38. The number of aliphatic hydroxyl groups is 2. The van der Waals surface area contributed by atoms with Gasteiger partial charge in [0.25, 0.3) is 0 Å². The third-order valence-electron chi connectivity index (χ3n) is 2.02. The molecule has 0 heterocycles. The average molecular weight is 196 g/mol. The summed E-state index contributed by atoms with van der Waals surface area (Å²) in [6, 6.07) is 7.10. The number of rotatable bonds is 3. The van der Waals surface area contributed by atoms with Gasteiger partial charge >= 0.3 is 0 Å². The Hall–Kier alpha value is -1.26. The van der Waals surface area contributed by atoms with Crippen molar-refractivity contribution in [2.24, 2.45) is 0 Å². The van der Waals surface area contributed by atoms with Crippen LogP contribution < -0.4 is 10.6 Å². The number of anilines is 2. The van der Waals surface area contributed by atoms with Crippen LogP contribution in [0.2, 0.25) is 0 Å². The average Bonchev–Trinajstić information content (AvgIpc) is 2.07. The smallest absolute Gasteiger partial charge is 0.126 e. The number of hydrogen-bond donors (Lipinski definition) is 3. The first-order chi connectivity index (χ1) is 6.54. The molecule has 0 saturated heterocycles. The lowest BCUT2D eigenvalue weighted by atomic mass is 10.2. The third kappa shape index (κ3) is 2.16. The highest BCUT2D eigenvalue weighted by atomic mass is 16.3. The second-order valence-corrected chi connectivity index (χ2v) is 3.23. The molecule has 4 heteroatoms. The fraction of sp³-hybridized carbons (Fsp3) is 0.400. The Balaban J connectivity index is 3.05. The molecule has 1 aromatic carbocycles. The predicted molar refractivity (Wildman–Crippen MR) is 56.7 cm³/mol. The van der Waals surface area contributed by atoms with Gasteiger partial charge in [-0.15, -0.1) is 0 Å². The molecular weight excluding hydrogens is 180 g/mol. The zero-order chi connectivity index (χ0) is 10.7. The van der Waals surface area contributed by atoms with Crippen LogP contribution in [0.1, 0.15) is 13.8 Å². The van der Waals surface area contributed by atoms with E-state index in [1.807, 2.05) is 6.07 Å². The van der Waals surface area contributed by atoms with E-state index in [0.29, 0.717) is 11.4 Å². The summed E-state index contributed by atoms with van der Waals surface area (Å²) in [7, 11) is 0. The minimum absolute atomic E-state index is 0.536. The summed E-state index contributed by atoms with van der Waals surface area (Å²) in [6.45, 7) is 3.16. The van der Waals surface area contributed by atoms with Gasteiger partial charge < -0.3 is 20.8 Å². The molecule has 78 valence electrons. The van der Waals surface area contributed by atoms with Crippen molar-refractivity contribution < 1.29 is 10.2 Å². The van der Waals surface area contributed by atoms with Gasteiger partial charge in [0.1, 0.15) is 12.5 Å². The second kappa shape index (κ2) is 4.30. The zero-order valence-corrected chi connectivity index (χ0v) is 8.38. The van der Waals surface area contributed by atoms with Crippen LogP contribution >= 0.6 is 0 Å². The standard InChI is InChI=1S/C10H16N2O2/c1-7(13)12(8(2)14)10-6-4-3-5-9(10)11/h3-8,13-14H,11H2,1-2H3. The van der Waals surface area contributed by atoms with Gasteiger partial charge in [0.15, 0.2) is 0 Å². The lowest BCUT2D eigenvalue weighted by Crippen LogP contribution is -2.40. The van der Waals surface area contributed by atoms with Crippen molar-refractivity contribution in [2.75, 3.05) is 10.6 Å². The lowest BCUT2D eigenvalue weighted by molar-refractivity contribution is 0.105. The van der Waals surface area contributed by atoms with Gasteiger partial charge in [-0.3, -0.25) is 0 Å². The topological polar surface area (TPSA) is 69.7 Å². The Morgan fingerprint density at radius 3 is 2.07 bits per heavy atom. The van der Waals surface area contributed by atoms with Crippen LogP contribution in [0.5, 0.6) is 0 Å². The normalized spacial score (nSPS) is 14.9. The lowest BCUT2D eigenvalue weighted by Gasteiger charge is -2.31. The molecule has 14 heavy (non-hydrogen) atoms. The molecule has 0 fully saturated rings. The molecule has 0 aliphatic heterocycles. The van der Waals surface area contributed by atoms with Gasteiger partial charge in [0, 0.05) is 0 Å². The van der Waals surface area contributed by atoms with Gasteiger partial charge in [-0.1, -0.05) is 12.1 Å². The van der Waals surface area contributed by atoms with E-state index in [0.717, 1.165) is 0 Å². The van der Waals surface area contributed by atoms with E-state index >= 15 is 0 Å². The number of nitrogens with zero attached hydrogens (tertiary/aromatic N) is 1. The van der Waals surface area contributed by atoms with Crippen LogP contribution in [0.3, 0.4) is 0 Å². The van der Waals surface area contributed by atoms with Gasteiger partial charge in [0.05, 0.1) is 11.4 Å². The minimum Gasteiger partial charge on any atom is -0.397 e. The first-order valence-corrected chi connectivity index (χ1v) is 4.53. The van der Waals surface area contributed by atoms with E-state index in [1.54, 1.807) is 32.0 Å². The Morgan fingerprint density at radius 2 is 1.64 bits per heavy atom. The molecule has 4 N–H and O–H groups in total. The fourth-order valence-electron chi connectivity index (χ4n) is 1.44. The van der Waals surface area contributed by atoms with Gasteiger partial charge in [-0.05, 0) is 26.0 Å². The van der Waals surface area contributed by atoms with Crippen LogP contribution in [-0.4, -0.2) is 22.7 Å². The van der Waals surface area contributed by atoms with Crippen LogP contribution in [0.4, 0.5) is 11.4 Å². The van der Waals surface area contributed by atoms with Crippen molar-refractivity contribution in [3.63, 3.8) is 0 Å². The molecule has 2 atom stereocenters. The van der Waals surface area contributed by atoms with Crippen molar-refractivity contribution in [1.82, 2.24) is 0 Å². The van der Waals surface area contributed by atoms with E-state index in [9.17, 15) is 10.2 Å². The molecule has 0 spiro atoms. The Kier molecular flexibility index (Phi) is 3.33. The number of para-hydroxylation sites is 2. The predicted octanol–water partition coefficient (Wildman–Crippen LogP) is 0.752. The quantitative estimate of drug-likeness (QED) is 0.493. The van der Waals surface area contributed by atoms with E-state index < -0.39 is 12.5 Å². The Labute approximate surface area is 83.6 Å². The van der Waals surface area contributed by atoms with Crippen LogP contribution in [0.25, 0.3) is 0 Å². The largest absolute Gasteiger partial charge is 0.397 e. The number of hydrogen-bond acceptors (Lipinski definition) is 4. The highest BCUT2D eigenvalue weighted by Crippen LogP contribution is 2.25. The van der Waals surface area contributed by atoms with E-state index in [-0.39, 0.29) is 0 Å². The van der Waals surface area contributed by atoms with E-state index in [1.165, 1.54) is 4.90 Å². The van der Waals surface area contributed by atoms with Crippen molar-refractivity contribution in [3.8, 4) is 0 Å². The molecule has 0 saturated carbocycles. The molecule has 0 radical (unpaired) electrons. The van der Waals surface area contributed by atoms with Crippen molar-refractivity contribution in [1.29, 1.82) is 0 Å². The van der Waals surface area contributed by atoms with Gasteiger partial charge in [-0.25, -0.2) is 0 Å². The SMILES string of the molecule is CC(O)N(c1ccccc1N)C(C)O. The van der Waals surface area contributed by atoms with Crippen LogP contribution in [0, 0.1) is 0 Å². The van der Waals surface area contributed by atoms with Crippen molar-refractivity contribution in [2.45, 2.75) is 26.3 Å². The van der Waals surface area contributed by atoms with E-state index in [4.69, 9.17) is 5.73 Å². The first kappa shape index (κ1) is 10.8. The maximum Gasteiger partial charge on any atom is 0.126 e. The second-order valence-electron chi connectivity index (χ2n) is 3.23. The number of nitrogen functional groups attached to an aromatic ring is 1. The summed E-state index contributed by atoms with van der Waals surface area (Å²) in [5.74, 6) is 0. The molecule has 0 aliphatic carbocycles. The van der Waals surface area contributed by atoms with Crippen molar-refractivity contribution in [3.05, 3.63) is 24.3 Å². The molecule has 0 amide bonds. The van der Waals surface area contributed by atoms with Crippen molar-refractivity contribution >= 4 is 11.4 Å². The molecule has 1 rings (SSSR count).